The van der Waals surface area contributed by atoms with Crippen LogP contribution >= 0.6 is 15.9 Å². The highest BCUT2D eigenvalue weighted by atomic mass is 79.9. The van der Waals surface area contributed by atoms with Gasteiger partial charge in [0.2, 0.25) is 0 Å². The van der Waals surface area contributed by atoms with Gasteiger partial charge in [0.1, 0.15) is 5.52 Å². The normalized spacial score (nSPS) is 22.3. The summed E-state index contributed by atoms with van der Waals surface area (Å²) in [5, 5.41) is 12.9. The average Bonchev–Trinajstić information content (AvgIpc) is 2.92. The van der Waals surface area contributed by atoms with Crippen LogP contribution in [-0.4, -0.2) is 28.2 Å². The van der Waals surface area contributed by atoms with Gasteiger partial charge in [-0.3, -0.25) is 9.97 Å². The molecule has 106 valence electrons. The molecular weight excluding hydrogens is 318 g/mol. The second-order valence-electron chi connectivity index (χ2n) is 5.39. The Hall–Kier alpha value is -1.20. The third-order valence-electron chi connectivity index (χ3n) is 4.15. The first-order chi connectivity index (χ1) is 9.78. The summed E-state index contributed by atoms with van der Waals surface area (Å²) in [6.45, 7) is 1.19. The molecule has 0 saturated heterocycles. The molecule has 2 heterocycles. The van der Waals surface area contributed by atoms with Crippen molar-refractivity contribution in [2.45, 2.75) is 19.3 Å². The molecule has 2 aromatic rings. The molecule has 1 aliphatic carbocycles. The minimum absolute atomic E-state index is 0.300. The van der Waals surface area contributed by atoms with Crippen LogP contribution in [0, 0.1) is 11.8 Å². The number of nitrogens with zero attached hydrogens (tertiary/aromatic N) is 2. The third kappa shape index (κ3) is 2.79. The van der Waals surface area contributed by atoms with Gasteiger partial charge in [-0.15, -0.1) is 0 Å². The number of hydrogen-bond acceptors (Lipinski definition) is 4. The lowest BCUT2D eigenvalue weighted by Gasteiger charge is -2.18. The van der Waals surface area contributed by atoms with Crippen molar-refractivity contribution in [2.24, 2.45) is 11.8 Å². The van der Waals surface area contributed by atoms with Gasteiger partial charge in [0.25, 0.3) is 0 Å². The number of hydrogen-bond donors (Lipinski definition) is 2. The largest absolute Gasteiger partial charge is 0.396 e. The van der Waals surface area contributed by atoms with E-state index in [-0.39, 0.29) is 0 Å². The van der Waals surface area contributed by atoms with E-state index in [9.17, 15) is 5.11 Å². The predicted molar refractivity (Wildman–Crippen MR) is 83.6 cm³/mol. The summed E-state index contributed by atoms with van der Waals surface area (Å²) in [4.78, 5) is 8.78. The number of aliphatic hydroxyl groups is 1. The lowest BCUT2D eigenvalue weighted by Crippen LogP contribution is -2.21. The molecule has 0 aromatic carbocycles. The molecule has 0 amide bonds. The Morgan fingerprint density at radius 3 is 3.00 bits per heavy atom. The van der Waals surface area contributed by atoms with E-state index in [4.69, 9.17) is 0 Å². The van der Waals surface area contributed by atoms with Crippen molar-refractivity contribution >= 4 is 32.7 Å². The van der Waals surface area contributed by atoms with Gasteiger partial charge in [0, 0.05) is 30.0 Å². The maximum atomic E-state index is 9.38. The first-order valence-electron chi connectivity index (χ1n) is 7.03. The van der Waals surface area contributed by atoms with Crippen LogP contribution in [0.2, 0.25) is 0 Å². The number of aromatic nitrogens is 2. The Balaban J connectivity index is 1.77. The molecule has 2 aromatic heterocycles. The quantitative estimate of drug-likeness (QED) is 0.900. The number of nitrogens with one attached hydrogen (secondary N) is 1. The van der Waals surface area contributed by atoms with Crippen LogP contribution in [0.25, 0.3) is 11.0 Å². The number of aliphatic hydroxyl groups excluding tert-OH is 1. The fourth-order valence-corrected chi connectivity index (χ4v) is 3.33. The van der Waals surface area contributed by atoms with Crippen LogP contribution in [0.3, 0.4) is 0 Å². The van der Waals surface area contributed by atoms with E-state index < -0.39 is 0 Å². The fourth-order valence-electron chi connectivity index (χ4n) is 3.01. The van der Waals surface area contributed by atoms with E-state index in [0.717, 1.165) is 34.2 Å². The van der Waals surface area contributed by atoms with Crippen molar-refractivity contribution in [3.63, 3.8) is 0 Å². The van der Waals surface area contributed by atoms with Crippen molar-refractivity contribution in [1.82, 2.24) is 9.97 Å². The van der Waals surface area contributed by atoms with Crippen LogP contribution in [0.15, 0.2) is 29.0 Å². The SMILES string of the molecule is OCC1CCCC1CNc1ccnc2cc(Br)cnc12. The predicted octanol–water partition coefficient (Wildman–Crippen LogP) is 3.21. The van der Waals surface area contributed by atoms with Gasteiger partial charge >= 0.3 is 0 Å². The molecule has 20 heavy (non-hydrogen) atoms. The van der Waals surface area contributed by atoms with Gasteiger partial charge in [-0.05, 0) is 52.7 Å². The van der Waals surface area contributed by atoms with Crippen LogP contribution in [-0.2, 0) is 0 Å². The standard InChI is InChI=1S/C15H18BrN3O/c16-12-6-14-15(19-8-12)13(4-5-17-14)18-7-10-2-1-3-11(10)9-20/h4-6,8,10-11,20H,1-3,7,9H2,(H,17,18). The molecule has 2 atom stereocenters. The zero-order valence-corrected chi connectivity index (χ0v) is 12.8. The first kappa shape index (κ1) is 13.8. The van der Waals surface area contributed by atoms with E-state index in [1.54, 1.807) is 12.4 Å². The number of halogens is 1. The second-order valence-corrected chi connectivity index (χ2v) is 6.31. The van der Waals surface area contributed by atoms with Crippen molar-refractivity contribution in [3.05, 3.63) is 29.0 Å². The lowest BCUT2D eigenvalue weighted by molar-refractivity contribution is 0.199. The molecule has 0 spiro atoms. The minimum atomic E-state index is 0.300. The summed E-state index contributed by atoms with van der Waals surface area (Å²) in [5.41, 5.74) is 2.80. The Bertz CT molecular complexity index is 605. The van der Waals surface area contributed by atoms with Crippen LogP contribution in [0.4, 0.5) is 5.69 Å². The smallest absolute Gasteiger partial charge is 0.112 e. The highest BCUT2D eigenvalue weighted by Gasteiger charge is 2.26. The van der Waals surface area contributed by atoms with Crippen molar-refractivity contribution in [1.29, 1.82) is 0 Å². The van der Waals surface area contributed by atoms with Gasteiger partial charge < -0.3 is 10.4 Å². The molecule has 0 aliphatic heterocycles. The lowest BCUT2D eigenvalue weighted by atomic mass is 9.97. The van der Waals surface area contributed by atoms with Gasteiger partial charge in [0.15, 0.2) is 0 Å². The summed E-state index contributed by atoms with van der Waals surface area (Å²) in [6, 6.07) is 3.94. The van der Waals surface area contributed by atoms with E-state index in [1.165, 1.54) is 12.8 Å². The van der Waals surface area contributed by atoms with Crippen LogP contribution < -0.4 is 5.32 Å². The average molecular weight is 336 g/mol. The maximum Gasteiger partial charge on any atom is 0.112 e. The summed E-state index contributed by atoms with van der Waals surface area (Å²) >= 11 is 3.42. The number of pyridine rings is 2. The zero-order valence-electron chi connectivity index (χ0n) is 11.2. The summed E-state index contributed by atoms with van der Waals surface area (Å²) in [5.74, 6) is 0.997. The number of fused-ring (bicyclic) bond motifs is 1. The number of anilines is 1. The topological polar surface area (TPSA) is 58.0 Å². The van der Waals surface area contributed by atoms with E-state index in [2.05, 4.69) is 31.2 Å². The molecule has 0 bridgehead atoms. The van der Waals surface area contributed by atoms with Crippen molar-refractivity contribution in [3.8, 4) is 0 Å². The molecule has 1 saturated carbocycles. The molecule has 5 heteroatoms. The minimum Gasteiger partial charge on any atom is -0.396 e. The Kier molecular flexibility index (Phi) is 4.17. The maximum absolute atomic E-state index is 9.38. The van der Waals surface area contributed by atoms with Gasteiger partial charge in [-0.25, -0.2) is 0 Å². The first-order valence-corrected chi connectivity index (χ1v) is 7.82. The van der Waals surface area contributed by atoms with Crippen LogP contribution in [0.5, 0.6) is 0 Å². The Morgan fingerprint density at radius 2 is 2.15 bits per heavy atom. The van der Waals surface area contributed by atoms with Crippen molar-refractivity contribution in [2.75, 3.05) is 18.5 Å². The second kappa shape index (κ2) is 6.06. The van der Waals surface area contributed by atoms with E-state index in [1.807, 2.05) is 12.1 Å². The molecule has 1 fully saturated rings. The monoisotopic (exact) mass is 335 g/mol. The molecule has 0 radical (unpaired) electrons. The molecule has 4 nitrogen and oxygen atoms in total. The third-order valence-corrected chi connectivity index (χ3v) is 4.58. The fraction of sp³-hybridized carbons (Fsp3) is 0.467. The zero-order chi connectivity index (χ0) is 13.9. The van der Waals surface area contributed by atoms with Crippen molar-refractivity contribution < 1.29 is 5.11 Å². The Labute approximate surface area is 126 Å². The summed E-state index contributed by atoms with van der Waals surface area (Å²) in [6.07, 6.45) is 7.16. The van der Waals surface area contributed by atoms with E-state index >= 15 is 0 Å². The van der Waals surface area contributed by atoms with E-state index in [0.29, 0.717) is 18.4 Å². The highest BCUT2D eigenvalue weighted by Crippen LogP contribution is 2.32. The van der Waals surface area contributed by atoms with Gasteiger partial charge in [0.05, 0.1) is 11.2 Å². The highest BCUT2D eigenvalue weighted by molar-refractivity contribution is 9.10. The summed E-state index contributed by atoms with van der Waals surface area (Å²) in [7, 11) is 0. The Morgan fingerprint density at radius 1 is 1.30 bits per heavy atom. The summed E-state index contributed by atoms with van der Waals surface area (Å²) < 4.78 is 0.936. The molecule has 2 N–H and O–H groups in total. The molecule has 2 unspecified atom stereocenters. The molecule has 3 rings (SSSR count). The molecular formula is C15H18BrN3O. The number of rotatable bonds is 4. The van der Waals surface area contributed by atoms with Gasteiger partial charge in [-0.1, -0.05) is 6.42 Å². The van der Waals surface area contributed by atoms with Gasteiger partial charge in [-0.2, -0.15) is 0 Å². The molecule has 1 aliphatic rings. The van der Waals surface area contributed by atoms with Crippen LogP contribution in [0.1, 0.15) is 19.3 Å².